The number of piperazine rings is 1. The predicted octanol–water partition coefficient (Wildman–Crippen LogP) is 2.52. The van der Waals surface area contributed by atoms with E-state index in [0.29, 0.717) is 38.0 Å². The third kappa shape index (κ3) is 5.66. The fourth-order valence-electron chi connectivity index (χ4n) is 4.77. The largest absolute Gasteiger partial charge is 0.464 e. The summed E-state index contributed by atoms with van der Waals surface area (Å²) in [5.41, 5.74) is -1.35. The number of rotatable bonds is 4. The van der Waals surface area contributed by atoms with E-state index >= 15 is 0 Å². The van der Waals surface area contributed by atoms with Crippen LogP contribution in [0.15, 0.2) is 4.79 Å². The first-order valence-electron chi connectivity index (χ1n) is 11.8. The molecule has 0 unspecified atom stereocenters. The van der Waals surface area contributed by atoms with Gasteiger partial charge in [-0.2, -0.15) is 0 Å². The Labute approximate surface area is 205 Å². The molecule has 2 aliphatic heterocycles. The first kappa shape index (κ1) is 26.3. The van der Waals surface area contributed by atoms with Crippen molar-refractivity contribution in [2.75, 3.05) is 44.7 Å². The summed E-state index contributed by atoms with van der Waals surface area (Å²) < 4.78 is 11.5. The fraction of sp³-hybridized carbons (Fsp3) is 0.739. The Morgan fingerprint density at radius 1 is 1.15 bits per heavy atom. The highest BCUT2D eigenvalue weighted by Gasteiger charge is 2.36. The minimum atomic E-state index is -0.803. The molecule has 0 bridgehead atoms. The standard InChI is InChI=1S/C23H36ClN5O5/c1-7-15-14-28(19-18(24)25-17(21(31)33-6)20(30)26(19)5)12-13-29(15)16-8-10-27(11-9-16)22(32)34-23(2,3)4/h15-16H,7-14H2,1-6H3/t15-/m0/s1. The minimum Gasteiger partial charge on any atom is -0.464 e. The van der Waals surface area contributed by atoms with Gasteiger partial charge in [-0.05, 0) is 40.0 Å². The molecular formula is C23H36ClN5O5. The van der Waals surface area contributed by atoms with Gasteiger partial charge in [-0.15, -0.1) is 0 Å². The molecule has 3 rings (SSSR count). The van der Waals surface area contributed by atoms with Gasteiger partial charge >= 0.3 is 12.1 Å². The van der Waals surface area contributed by atoms with E-state index in [0.717, 1.165) is 25.8 Å². The summed E-state index contributed by atoms with van der Waals surface area (Å²) in [5.74, 6) is -0.291. The number of carbonyl (C=O) groups is 2. The van der Waals surface area contributed by atoms with Crippen molar-refractivity contribution in [3.8, 4) is 0 Å². The number of halogens is 1. The molecule has 1 atom stereocenters. The zero-order valence-electron chi connectivity index (χ0n) is 21.0. The SMILES string of the molecule is CC[C@H]1CN(c2c(Cl)nc(C(=O)OC)c(=O)n2C)CCN1C1CCN(C(=O)OC(C)(C)C)CC1. The molecule has 0 aromatic carbocycles. The molecule has 1 aromatic rings. The molecule has 2 saturated heterocycles. The number of esters is 1. The fourth-order valence-corrected chi connectivity index (χ4v) is 5.11. The lowest BCUT2D eigenvalue weighted by atomic mass is 9.98. The van der Waals surface area contributed by atoms with Crippen LogP contribution in [0.3, 0.4) is 0 Å². The lowest BCUT2D eigenvalue weighted by Gasteiger charge is -2.48. The van der Waals surface area contributed by atoms with Gasteiger partial charge in [0, 0.05) is 51.9 Å². The molecule has 34 heavy (non-hydrogen) atoms. The van der Waals surface area contributed by atoms with Crippen molar-refractivity contribution < 1.29 is 19.1 Å². The van der Waals surface area contributed by atoms with E-state index in [4.69, 9.17) is 16.3 Å². The zero-order chi connectivity index (χ0) is 25.2. The topological polar surface area (TPSA) is 97.2 Å². The molecule has 1 aromatic heterocycles. The maximum atomic E-state index is 12.7. The molecule has 1 amide bonds. The summed E-state index contributed by atoms with van der Waals surface area (Å²) in [4.78, 5) is 47.4. The molecule has 2 aliphatic rings. The summed E-state index contributed by atoms with van der Waals surface area (Å²) in [6.07, 6.45) is 2.47. The Morgan fingerprint density at radius 2 is 1.79 bits per heavy atom. The third-order valence-electron chi connectivity index (χ3n) is 6.48. The summed E-state index contributed by atoms with van der Waals surface area (Å²) in [7, 11) is 2.80. The zero-order valence-corrected chi connectivity index (χ0v) is 21.7. The molecule has 3 heterocycles. The highest BCUT2D eigenvalue weighted by Crippen LogP contribution is 2.29. The van der Waals surface area contributed by atoms with Crippen molar-refractivity contribution in [3.63, 3.8) is 0 Å². The van der Waals surface area contributed by atoms with E-state index in [-0.39, 0.29) is 23.0 Å². The molecule has 0 N–H and O–H groups in total. The van der Waals surface area contributed by atoms with Gasteiger partial charge in [0.1, 0.15) is 11.4 Å². The molecule has 0 spiro atoms. The van der Waals surface area contributed by atoms with Crippen LogP contribution in [0.1, 0.15) is 57.4 Å². The number of methoxy groups -OCH3 is 1. The Morgan fingerprint density at radius 3 is 2.35 bits per heavy atom. The van der Waals surface area contributed by atoms with Crippen LogP contribution in [0.2, 0.25) is 5.15 Å². The highest BCUT2D eigenvalue weighted by molar-refractivity contribution is 6.31. The van der Waals surface area contributed by atoms with Crippen molar-refractivity contribution in [1.82, 2.24) is 19.4 Å². The average Bonchev–Trinajstić information content (AvgIpc) is 2.79. The molecule has 0 saturated carbocycles. The van der Waals surface area contributed by atoms with Crippen LogP contribution in [-0.4, -0.2) is 88.9 Å². The smallest absolute Gasteiger partial charge is 0.410 e. The number of hydrogen-bond acceptors (Lipinski definition) is 8. The molecule has 0 aliphatic carbocycles. The molecule has 10 nitrogen and oxygen atoms in total. The summed E-state index contributed by atoms with van der Waals surface area (Å²) in [6.45, 7) is 11.3. The molecule has 2 fully saturated rings. The van der Waals surface area contributed by atoms with Gasteiger partial charge in [-0.1, -0.05) is 18.5 Å². The number of anilines is 1. The Kier molecular flexibility index (Phi) is 8.13. The number of hydrogen-bond donors (Lipinski definition) is 0. The van der Waals surface area contributed by atoms with Crippen molar-refractivity contribution >= 4 is 29.5 Å². The van der Waals surface area contributed by atoms with Gasteiger partial charge in [0.25, 0.3) is 5.56 Å². The summed E-state index contributed by atoms with van der Waals surface area (Å²) in [6, 6.07) is 0.642. The van der Waals surface area contributed by atoms with Crippen molar-refractivity contribution in [2.45, 2.75) is 64.6 Å². The minimum absolute atomic E-state index is 0.108. The lowest BCUT2D eigenvalue weighted by Crippen LogP contribution is -2.59. The summed E-state index contributed by atoms with van der Waals surface area (Å²) in [5, 5.41) is 0.108. The van der Waals surface area contributed by atoms with Gasteiger partial charge in [0.2, 0.25) is 5.69 Å². The van der Waals surface area contributed by atoms with Crippen LogP contribution in [0.5, 0.6) is 0 Å². The number of likely N-dealkylation sites (tertiary alicyclic amines) is 1. The van der Waals surface area contributed by atoms with Crippen molar-refractivity contribution in [3.05, 3.63) is 21.2 Å². The van der Waals surface area contributed by atoms with Crippen LogP contribution in [0.25, 0.3) is 0 Å². The second kappa shape index (κ2) is 10.5. The second-order valence-electron chi connectivity index (χ2n) is 9.88. The molecule has 0 radical (unpaired) electrons. The van der Waals surface area contributed by atoms with E-state index < -0.39 is 17.1 Å². The first-order valence-corrected chi connectivity index (χ1v) is 12.2. The van der Waals surface area contributed by atoms with E-state index in [1.165, 1.54) is 11.7 Å². The van der Waals surface area contributed by atoms with Crippen molar-refractivity contribution in [2.24, 2.45) is 7.05 Å². The van der Waals surface area contributed by atoms with Crippen LogP contribution in [-0.2, 0) is 16.5 Å². The Hall–Kier alpha value is -2.33. The van der Waals surface area contributed by atoms with Crippen LogP contribution >= 0.6 is 11.6 Å². The third-order valence-corrected chi connectivity index (χ3v) is 6.74. The maximum Gasteiger partial charge on any atom is 0.410 e. The van der Waals surface area contributed by atoms with Crippen molar-refractivity contribution in [1.29, 1.82) is 0 Å². The molecule has 11 heteroatoms. The second-order valence-corrected chi connectivity index (χ2v) is 10.2. The highest BCUT2D eigenvalue weighted by atomic mass is 35.5. The molecule has 190 valence electrons. The van der Waals surface area contributed by atoms with E-state index in [9.17, 15) is 14.4 Å². The number of amides is 1. The first-order chi connectivity index (χ1) is 16.0. The maximum absolute atomic E-state index is 12.7. The number of piperidine rings is 1. The monoisotopic (exact) mass is 497 g/mol. The van der Waals surface area contributed by atoms with Gasteiger partial charge in [-0.3, -0.25) is 14.3 Å². The van der Waals surface area contributed by atoms with E-state index in [2.05, 4.69) is 26.4 Å². The van der Waals surface area contributed by atoms with E-state index in [1.54, 1.807) is 11.9 Å². The number of ether oxygens (including phenoxy) is 2. The number of carbonyl (C=O) groups excluding carboxylic acids is 2. The normalized spacial score (nSPS) is 20.4. The van der Waals surface area contributed by atoms with Crippen LogP contribution < -0.4 is 10.5 Å². The quantitative estimate of drug-likeness (QED) is 0.585. The van der Waals surface area contributed by atoms with Gasteiger partial charge < -0.3 is 19.3 Å². The number of nitrogens with zero attached hydrogens (tertiary/aromatic N) is 5. The van der Waals surface area contributed by atoms with Gasteiger partial charge in [0.05, 0.1) is 7.11 Å². The summed E-state index contributed by atoms with van der Waals surface area (Å²) >= 11 is 6.43. The lowest BCUT2D eigenvalue weighted by molar-refractivity contribution is 0.00940. The van der Waals surface area contributed by atoms with E-state index in [1.807, 2.05) is 20.8 Å². The van der Waals surface area contributed by atoms with Crippen LogP contribution in [0.4, 0.5) is 10.6 Å². The van der Waals surface area contributed by atoms with Gasteiger partial charge in [-0.25, -0.2) is 14.6 Å². The Balaban J connectivity index is 1.69. The number of aromatic nitrogens is 2. The Bertz CT molecular complexity index is 968. The van der Waals surface area contributed by atoms with Gasteiger partial charge in [0.15, 0.2) is 5.15 Å². The average molecular weight is 498 g/mol. The van der Waals surface area contributed by atoms with Crippen LogP contribution in [0, 0.1) is 0 Å². The predicted molar refractivity (Wildman–Crippen MR) is 130 cm³/mol. The molecular weight excluding hydrogens is 462 g/mol.